The molecule has 2 saturated heterocycles. The van der Waals surface area contributed by atoms with Crippen LogP contribution in [0.15, 0.2) is 18.2 Å². The molecule has 3 heterocycles. The summed E-state index contributed by atoms with van der Waals surface area (Å²) < 4.78 is 11.2. The van der Waals surface area contributed by atoms with Gasteiger partial charge in [0.15, 0.2) is 0 Å². The van der Waals surface area contributed by atoms with Crippen molar-refractivity contribution in [3.8, 4) is 0 Å². The average molecular weight is 501 g/mol. The normalized spacial score (nSPS) is 19.7. The Balaban J connectivity index is 1.31. The van der Waals surface area contributed by atoms with Crippen molar-refractivity contribution in [2.75, 3.05) is 45.2 Å². The predicted octanol–water partition coefficient (Wildman–Crippen LogP) is 1.95. The summed E-state index contributed by atoms with van der Waals surface area (Å²) in [5.74, 6) is -0.419. The van der Waals surface area contributed by atoms with Crippen LogP contribution in [0.5, 0.6) is 0 Å². The molecule has 0 saturated carbocycles. The number of hydrogen-bond donors (Lipinski definition) is 1. The first kappa shape index (κ1) is 25.9. The van der Waals surface area contributed by atoms with E-state index in [1.54, 1.807) is 16.8 Å². The monoisotopic (exact) mass is 500 g/mol. The van der Waals surface area contributed by atoms with Crippen molar-refractivity contribution in [3.63, 3.8) is 0 Å². The molecule has 10 heteroatoms. The van der Waals surface area contributed by atoms with Gasteiger partial charge in [0.05, 0.1) is 19.3 Å². The zero-order chi connectivity index (χ0) is 25.7. The van der Waals surface area contributed by atoms with Gasteiger partial charge in [-0.1, -0.05) is 0 Å². The molecule has 4 rings (SSSR count). The lowest BCUT2D eigenvalue weighted by Gasteiger charge is -2.37. The Morgan fingerprint density at radius 2 is 1.78 bits per heavy atom. The van der Waals surface area contributed by atoms with Gasteiger partial charge in [-0.3, -0.25) is 9.59 Å². The Morgan fingerprint density at radius 1 is 1.11 bits per heavy atom. The smallest absolute Gasteiger partial charge is 0.409 e. The molecule has 0 radical (unpaired) electrons. The van der Waals surface area contributed by atoms with E-state index in [2.05, 4.69) is 16.3 Å². The molecule has 1 N–H and O–H groups in total. The minimum absolute atomic E-state index is 0.165. The SMILES string of the molecule is CNC(=O)C(CCC=O)N1Cc2cc(N3CCC(OC4CCN(C(=O)OC)CC4)CC3)ccc2C1=O. The van der Waals surface area contributed by atoms with Gasteiger partial charge in [-0.25, -0.2) is 4.79 Å². The highest BCUT2D eigenvalue weighted by Crippen LogP contribution is 2.31. The minimum Gasteiger partial charge on any atom is -0.453 e. The predicted molar refractivity (Wildman–Crippen MR) is 133 cm³/mol. The third-order valence-corrected chi connectivity index (χ3v) is 7.47. The molecule has 36 heavy (non-hydrogen) atoms. The van der Waals surface area contributed by atoms with Crippen LogP contribution < -0.4 is 10.2 Å². The number of carbonyl (C=O) groups excluding carboxylic acids is 4. The topological polar surface area (TPSA) is 108 Å². The number of aldehydes is 1. The fraction of sp³-hybridized carbons (Fsp3) is 0.615. The van der Waals surface area contributed by atoms with E-state index in [-0.39, 0.29) is 36.5 Å². The summed E-state index contributed by atoms with van der Waals surface area (Å²) >= 11 is 0. The van der Waals surface area contributed by atoms with Crippen LogP contribution in [-0.2, 0) is 25.6 Å². The number of likely N-dealkylation sites (tertiary alicyclic amines) is 1. The molecule has 0 bridgehead atoms. The number of ether oxygens (including phenoxy) is 2. The Labute approximate surface area is 211 Å². The lowest BCUT2D eigenvalue weighted by Crippen LogP contribution is -2.46. The van der Waals surface area contributed by atoms with Crippen LogP contribution in [0.3, 0.4) is 0 Å². The van der Waals surface area contributed by atoms with E-state index in [4.69, 9.17) is 9.47 Å². The zero-order valence-electron chi connectivity index (χ0n) is 21.1. The van der Waals surface area contributed by atoms with Gasteiger partial charge in [0.1, 0.15) is 12.3 Å². The first-order valence-electron chi connectivity index (χ1n) is 12.8. The molecule has 2 fully saturated rings. The third-order valence-electron chi connectivity index (χ3n) is 7.47. The largest absolute Gasteiger partial charge is 0.453 e. The van der Waals surface area contributed by atoms with E-state index in [1.807, 2.05) is 12.1 Å². The van der Waals surface area contributed by atoms with Gasteiger partial charge in [0.2, 0.25) is 5.91 Å². The van der Waals surface area contributed by atoms with E-state index in [0.29, 0.717) is 31.6 Å². The number of piperidine rings is 2. The van der Waals surface area contributed by atoms with E-state index in [1.165, 1.54) is 7.11 Å². The minimum atomic E-state index is -0.657. The number of methoxy groups -OCH3 is 1. The highest BCUT2D eigenvalue weighted by molar-refractivity contribution is 6.01. The van der Waals surface area contributed by atoms with Crippen LogP contribution in [0.25, 0.3) is 0 Å². The molecule has 10 nitrogen and oxygen atoms in total. The maximum Gasteiger partial charge on any atom is 0.409 e. The van der Waals surface area contributed by atoms with E-state index in [9.17, 15) is 19.2 Å². The molecule has 3 aliphatic heterocycles. The first-order chi connectivity index (χ1) is 17.4. The standard InChI is InChI=1S/C26H36N4O6/c1-27-24(32)23(4-3-15-31)30-17-18-16-19(5-6-22(18)25(30)33)28-11-7-20(8-12-28)36-21-9-13-29(14-10-21)26(34)35-2/h5-6,15-16,20-21,23H,3-4,7-14,17H2,1-2H3,(H,27,32). The molecule has 0 aliphatic carbocycles. The highest BCUT2D eigenvalue weighted by atomic mass is 16.5. The van der Waals surface area contributed by atoms with Crippen molar-refractivity contribution >= 4 is 29.9 Å². The lowest BCUT2D eigenvalue weighted by atomic mass is 10.0. The van der Waals surface area contributed by atoms with E-state index >= 15 is 0 Å². The summed E-state index contributed by atoms with van der Waals surface area (Å²) in [5.41, 5.74) is 2.60. The maximum atomic E-state index is 13.0. The average Bonchev–Trinajstić information content (AvgIpc) is 3.24. The number of amides is 3. The van der Waals surface area contributed by atoms with Crippen molar-refractivity contribution in [1.82, 2.24) is 15.1 Å². The third kappa shape index (κ3) is 5.64. The number of nitrogens with zero attached hydrogens (tertiary/aromatic N) is 3. The number of nitrogens with one attached hydrogen (secondary N) is 1. The quantitative estimate of drug-likeness (QED) is 0.544. The number of carbonyl (C=O) groups is 4. The van der Waals surface area contributed by atoms with Crippen LogP contribution in [0.1, 0.15) is 54.4 Å². The molecule has 0 spiro atoms. The lowest BCUT2D eigenvalue weighted by molar-refractivity contribution is -0.125. The number of anilines is 1. The second-order valence-electron chi connectivity index (χ2n) is 9.63. The summed E-state index contributed by atoms with van der Waals surface area (Å²) in [5, 5.41) is 2.61. The number of likely N-dealkylation sites (N-methyl/N-ethyl adjacent to an activating group) is 1. The van der Waals surface area contributed by atoms with Crippen molar-refractivity contribution in [3.05, 3.63) is 29.3 Å². The summed E-state index contributed by atoms with van der Waals surface area (Å²) in [6.07, 6.45) is 4.92. The molecule has 196 valence electrons. The highest BCUT2D eigenvalue weighted by Gasteiger charge is 2.36. The van der Waals surface area contributed by atoms with Gasteiger partial charge in [0.25, 0.3) is 5.91 Å². The first-order valence-corrected chi connectivity index (χ1v) is 12.8. The molecule has 3 amide bonds. The summed E-state index contributed by atoms with van der Waals surface area (Å²) in [6, 6.07) is 5.23. The molecular weight excluding hydrogens is 464 g/mol. The van der Waals surface area contributed by atoms with Crippen LogP contribution in [0.2, 0.25) is 0 Å². The van der Waals surface area contributed by atoms with Gasteiger partial charge in [-0.15, -0.1) is 0 Å². The van der Waals surface area contributed by atoms with Crippen molar-refractivity contribution in [2.24, 2.45) is 0 Å². The number of hydrogen-bond acceptors (Lipinski definition) is 7. The Hall–Kier alpha value is -3.14. The Kier molecular flexibility index (Phi) is 8.45. The molecule has 1 atom stereocenters. The number of benzene rings is 1. The van der Waals surface area contributed by atoms with Crippen LogP contribution in [-0.4, -0.2) is 92.6 Å². The van der Waals surface area contributed by atoms with Crippen LogP contribution in [0.4, 0.5) is 10.5 Å². The molecule has 0 aromatic heterocycles. The van der Waals surface area contributed by atoms with Gasteiger partial charge in [-0.2, -0.15) is 0 Å². The van der Waals surface area contributed by atoms with Crippen LogP contribution >= 0.6 is 0 Å². The second kappa shape index (κ2) is 11.7. The van der Waals surface area contributed by atoms with Gasteiger partial charge < -0.3 is 34.3 Å². The fourth-order valence-corrected chi connectivity index (χ4v) is 5.42. The Morgan fingerprint density at radius 3 is 2.39 bits per heavy atom. The molecule has 1 aromatic carbocycles. The summed E-state index contributed by atoms with van der Waals surface area (Å²) in [6.45, 7) is 3.42. The summed E-state index contributed by atoms with van der Waals surface area (Å²) in [4.78, 5) is 53.5. The second-order valence-corrected chi connectivity index (χ2v) is 9.63. The summed E-state index contributed by atoms with van der Waals surface area (Å²) in [7, 11) is 2.95. The van der Waals surface area contributed by atoms with E-state index < -0.39 is 6.04 Å². The van der Waals surface area contributed by atoms with Gasteiger partial charge in [-0.05, 0) is 55.9 Å². The maximum absolute atomic E-state index is 13.0. The fourth-order valence-electron chi connectivity index (χ4n) is 5.42. The van der Waals surface area contributed by atoms with Gasteiger partial charge in [0, 0.05) is 57.4 Å². The molecule has 1 unspecified atom stereocenters. The zero-order valence-corrected chi connectivity index (χ0v) is 21.1. The van der Waals surface area contributed by atoms with E-state index in [0.717, 1.165) is 56.3 Å². The van der Waals surface area contributed by atoms with Crippen molar-refractivity contribution in [1.29, 1.82) is 0 Å². The van der Waals surface area contributed by atoms with Crippen molar-refractivity contribution < 1.29 is 28.7 Å². The molecular formula is C26H36N4O6. The molecule has 3 aliphatic rings. The number of fused-ring (bicyclic) bond motifs is 1. The van der Waals surface area contributed by atoms with Crippen molar-refractivity contribution in [2.45, 2.75) is 63.3 Å². The Bertz CT molecular complexity index is 969. The van der Waals surface area contributed by atoms with Gasteiger partial charge >= 0.3 is 6.09 Å². The molecule has 1 aromatic rings. The number of rotatable bonds is 8. The van der Waals surface area contributed by atoms with Crippen LogP contribution in [0, 0.1) is 0 Å².